The molecular formula is C13H22N4O. The van der Waals surface area contributed by atoms with Gasteiger partial charge in [-0.25, -0.2) is 0 Å². The van der Waals surface area contributed by atoms with E-state index in [2.05, 4.69) is 10.4 Å². The van der Waals surface area contributed by atoms with Gasteiger partial charge in [0, 0.05) is 25.4 Å². The van der Waals surface area contributed by atoms with Crippen LogP contribution in [0, 0.1) is 5.92 Å². The Balaban J connectivity index is 1.73. The number of nitrogens with zero attached hydrogens (tertiary/aromatic N) is 2. The fourth-order valence-corrected chi connectivity index (χ4v) is 2.56. The highest BCUT2D eigenvalue weighted by atomic mass is 16.2. The van der Waals surface area contributed by atoms with Crippen LogP contribution in [0.5, 0.6) is 0 Å². The summed E-state index contributed by atoms with van der Waals surface area (Å²) in [7, 11) is 1.81. The summed E-state index contributed by atoms with van der Waals surface area (Å²) in [5.74, 6) is 0.681. The minimum atomic E-state index is -0.609. The Morgan fingerprint density at radius 2 is 2.33 bits per heavy atom. The zero-order chi connectivity index (χ0) is 13.0. The number of hydrogen-bond acceptors (Lipinski definition) is 3. The van der Waals surface area contributed by atoms with Crippen LogP contribution in [0.3, 0.4) is 0 Å². The number of hydrogen-bond donors (Lipinski definition) is 2. The average Bonchev–Trinajstić information content (AvgIpc) is 2.99. The van der Waals surface area contributed by atoms with Crippen LogP contribution in [0.4, 0.5) is 0 Å². The lowest BCUT2D eigenvalue weighted by molar-refractivity contribution is -0.122. The minimum Gasteiger partial charge on any atom is -0.354 e. The molecule has 1 amide bonds. The molecule has 1 aliphatic carbocycles. The highest BCUT2D eigenvalue weighted by Gasteiger charge is 2.18. The monoisotopic (exact) mass is 250 g/mol. The molecule has 1 aliphatic rings. The summed E-state index contributed by atoms with van der Waals surface area (Å²) in [6, 6.07) is -0.609. The Labute approximate surface area is 108 Å². The van der Waals surface area contributed by atoms with Crippen LogP contribution < -0.4 is 11.1 Å². The summed E-state index contributed by atoms with van der Waals surface area (Å²) in [5, 5.41) is 6.94. The van der Waals surface area contributed by atoms with E-state index in [1.54, 1.807) is 17.1 Å². The predicted octanol–water partition coefficient (Wildman–Crippen LogP) is 1.12. The third-order valence-electron chi connectivity index (χ3n) is 3.69. The molecule has 1 saturated carbocycles. The Bertz CT molecular complexity index is 395. The highest BCUT2D eigenvalue weighted by molar-refractivity contribution is 5.82. The molecule has 0 bridgehead atoms. The second-order valence-corrected chi connectivity index (χ2v) is 5.16. The molecule has 0 radical (unpaired) electrons. The first kappa shape index (κ1) is 13.1. The zero-order valence-electron chi connectivity index (χ0n) is 10.9. The number of nitrogens with one attached hydrogen (secondary N) is 1. The summed E-state index contributed by atoms with van der Waals surface area (Å²) in [4.78, 5) is 11.9. The van der Waals surface area contributed by atoms with Crippen molar-refractivity contribution in [1.82, 2.24) is 15.1 Å². The van der Waals surface area contributed by atoms with Gasteiger partial charge in [0.15, 0.2) is 0 Å². The number of carbonyl (C=O) groups excluding carboxylic acids is 1. The van der Waals surface area contributed by atoms with Crippen molar-refractivity contribution in [3.63, 3.8) is 0 Å². The van der Waals surface area contributed by atoms with Crippen molar-refractivity contribution in [2.24, 2.45) is 18.7 Å². The van der Waals surface area contributed by atoms with Crippen molar-refractivity contribution < 1.29 is 4.79 Å². The van der Waals surface area contributed by atoms with E-state index in [-0.39, 0.29) is 5.91 Å². The van der Waals surface area contributed by atoms with Gasteiger partial charge in [-0.3, -0.25) is 9.48 Å². The first-order valence-corrected chi connectivity index (χ1v) is 6.68. The van der Waals surface area contributed by atoms with E-state index in [0.717, 1.165) is 24.4 Å². The van der Waals surface area contributed by atoms with Crippen molar-refractivity contribution in [3.8, 4) is 0 Å². The van der Waals surface area contributed by atoms with Crippen LogP contribution in [0.1, 0.15) is 43.7 Å². The Hall–Kier alpha value is -1.36. The van der Waals surface area contributed by atoms with Crippen molar-refractivity contribution in [1.29, 1.82) is 0 Å². The molecule has 1 atom stereocenters. The lowest BCUT2D eigenvalue weighted by atomic mass is 10.0. The number of nitrogens with two attached hydrogens (primary N) is 1. The van der Waals surface area contributed by atoms with Crippen LogP contribution in [-0.2, 0) is 11.8 Å². The maximum absolute atomic E-state index is 11.9. The fourth-order valence-electron chi connectivity index (χ4n) is 2.56. The first-order chi connectivity index (χ1) is 8.66. The summed E-state index contributed by atoms with van der Waals surface area (Å²) in [6.45, 7) is 0.734. The van der Waals surface area contributed by atoms with Crippen molar-refractivity contribution >= 4 is 5.91 Å². The van der Waals surface area contributed by atoms with Gasteiger partial charge in [-0.15, -0.1) is 0 Å². The second kappa shape index (κ2) is 6.00. The molecule has 2 rings (SSSR count). The molecule has 1 unspecified atom stereocenters. The van der Waals surface area contributed by atoms with Gasteiger partial charge >= 0.3 is 0 Å². The van der Waals surface area contributed by atoms with E-state index in [9.17, 15) is 4.79 Å². The maximum Gasteiger partial charge on any atom is 0.241 e. The minimum absolute atomic E-state index is 0.110. The summed E-state index contributed by atoms with van der Waals surface area (Å²) >= 11 is 0. The molecule has 0 spiro atoms. The molecular weight excluding hydrogens is 228 g/mol. The van der Waals surface area contributed by atoms with E-state index in [4.69, 9.17) is 5.73 Å². The van der Waals surface area contributed by atoms with Crippen LogP contribution in [-0.4, -0.2) is 22.2 Å². The molecule has 1 aromatic heterocycles. The molecule has 0 saturated heterocycles. The second-order valence-electron chi connectivity index (χ2n) is 5.16. The molecule has 3 N–H and O–H groups in total. The molecule has 18 heavy (non-hydrogen) atoms. The predicted molar refractivity (Wildman–Crippen MR) is 69.7 cm³/mol. The molecule has 0 aliphatic heterocycles. The van der Waals surface area contributed by atoms with Gasteiger partial charge in [0.2, 0.25) is 5.91 Å². The third kappa shape index (κ3) is 3.32. The first-order valence-electron chi connectivity index (χ1n) is 6.68. The maximum atomic E-state index is 11.9. The SMILES string of the molecule is Cn1cc(C(N)C(=O)NCCC2CCCC2)cn1. The van der Waals surface area contributed by atoms with Gasteiger partial charge in [0.05, 0.1) is 6.20 Å². The van der Waals surface area contributed by atoms with Crippen molar-refractivity contribution in [2.45, 2.75) is 38.1 Å². The fraction of sp³-hybridized carbons (Fsp3) is 0.692. The number of rotatable bonds is 5. The number of carbonyl (C=O) groups is 1. The van der Waals surface area contributed by atoms with Crippen LogP contribution >= 0.6 is 0 Å². The lowest BCUT2D eigenvalue weighted by Gasteiger charge is -2.12. The van der Waals surface area contributed by atoms with Gasteiger partial charge in [0.25, 0.3) is 0 Å². The molecule has 5 nitrogen and oxygen atoms in total. The molecule has 5 heteroatoms. The quantitative estimate of drug-likeness (QED) is 0.822. The summed E-state index contributed by atoms with van der Waals surface area (Å²) in [6.07, 6.45) is 9.80. The Morgan fingerprint density at radius 3 is 2.94 bits per heavy atom. The normalized spacial score (nSPS) is 17.9. The van der Waals surface area contributed by atoms with Crippen LogP contribution in [0.15, 0.2) is 12.4 Å². The molecule has 1 aromatic rings. The lowest BCUT2D eigenvalue weighted by Crippen LogP contribution is -2.35. The molecule has 0 aromatic carbocycles. The van der Waals surface area contributed by atoms with Gasteiger partial charge in [-0.05, 0) is 12.3 Å². The van der Waals surface area contributed by atoms with Crippen molar-refractivity contribution in [3.05, 3.63) is 18.0 Å². The largest absolute Gasteiger partial charge is 0.354 e. The standard InChI is InChI=1S/C13H22N4O/c1-17-9-11(8-16-17)12(14)13(18)15-7-6-10-4-2-3-5-10/h8-10,12H,2-7,14H2,1H3,(H,15,18). The Kier molecular flexibility index (Phi) is 4.36. The highest BCUT2D eigenvalue weighted by Crippen LogP contribution is 2.26. The van der Waals surface area contributed by atoms with Crippen LogP contribution in [0.25, 0.3) is 0 Å². The average molecular weight is 250 g/mol. The third-order valence-corrected chi connectivity index (χ3v) is 3.69. The number of amides is 1. The van der Waals surface area contributed by atoms with E-state index < -0.39 is 6.04 Å². The molecule has 1 fully saturated rings. The molecule has 1 heterocycles. The van der Waals surface area contributed by atoms with E-state index in [0.29, 0.717) is 0 Å². The van der Waals surface area contributed by atoms with Gasteiger partial charge in [-0.1, -0.05) is 25.7 Å². The number of aryl methyl sites for hydroxylation is 1. The Morgan fingerprint density at radius 1 is 1.61 bits per heavy atom. The van der Waals surface area contributed by atoms with E-state index >= 15 is 0 Å². The summed E-state index contributed by atoms with van der Waals surface area (Å²) < 4.78 is 1.65. The molecule has 100 valence electrons. The van der Waals surface area contributed by atoms with Crippen LogP contribution in [0.2, 0.25) is 0 Å². The zero-order valence-corrected chi connectivity index (χ0v) is 10.9. The smallest absolute Gasteiger partial charge is 0.241 e. The van der Waals surface area contributed by atoms with Gasteiger partial charge in [0.1, 0.15) is 6.04 Å². The van der Waals surface area contributed by atoms with E-state index in [1.807, 2.05) is 7.05 Å². The van der Waals surface area contributed by atoms with Gasteiger partial charge < -0.3 is 11.1 Å². The topological polar surface area (TPSA) is 72.9 Å². The number of aromatic nitrogens is 2. The van der Waals surface area contributed by atoms with Gasteiger partial charge in [-0.2, -0.15) is 5.10 Å². The van der Waals surface area contributed by atoms with Crippen molar-refractivity contribution in [2.75, 3.05) is 6.54 Å². The summed E-state index contributed by atoms with van der Waals surface area (Å²) in [5.41, 5.74) is 6.64. The van der Waals surface area contributed by atoms with E-state index in [1.165, 1.54) is 25.7 Å².